The number of nitrogens with one attached hydrogen (secondary N) is 1. The largest absolute Gasteiger partial charge is 0.493 e. The molecule has 0 aliphatic rings. The highest BCUT2D eigenvalue weighted by Crippen LogP contribution is 2.23. The fourth-order valence-electron chi connectivity index (χ4n) is 4.10. The van der Waals surface area contributed by atoms with Gasteiger partial charge in [0.1, 0.15) is 11.6 Å². The van der Waals surface area contributed by atoms with Crippen LogP contribution in [0.2, 0.25) is 0 Å². The van der Waals surface area contributed by atoms with Crippen molar-refractivity contribution in [1.29, 1.82) is 0 Å². The molecule has 33 heavy (non-hydrogen) atoms. The quantitative estimate of drug-likeness (QED) is 0.324. The lowest BCUT2D eigenvalue weighted by molar-refractivity contribution is 0.0937. The number of aromatic nitrogens is 2. The first-order chi connectivity index (χ1) is 16.0. The van der Waals surface area contributed by atoms with E-state index in [1.165, 1.54) is 0 Å². The number of carbonyl (C=O) groups is 1. The Morgan fingerprint density at radius 1 is 0.939 bits per heavy atom. The average molecular weight is 442 g/mol. The number of carbonyl (C=O) groups excluding carboxylic acids is 1. The number of hydrogen-bond acceptors (Lipinski definition) is 3. The lowest BCUT2D eigenvalue weighted by atomic mass is 10.1. The van der Waals surface area contributed by atoms with Crippen molar-refractivity contribution < 1.29 is 9.53 Å². The van der Waals surface area contributed by atoms with Crippen LogP contribution in [0.5, 0.6) is 5.75 Å². The van der Waals surface area contributed by atoms with Crippen LogP contribution < -0.4 is 10.1 Å². The zero-order valence-electron chi connectivity index (χ0n) is 19.5. The van der Waals surface area contributed by atoms with Crippen molar-refractivity contribution in [2.24, 2.45) is 0 Å². The van der Waals surface area contributed by atoms with Gasteiger partial charge in [0.2, 0.25) is 0 Å². The molecule has 1 N–H and O–H groups in total. The van der Waals surface area contributed by atoms with Crippen LogP contribution in [0.3, 0.4) is 0 Å². The molecule has 0 saturated carbocycles. The number of hydrogen-bond donors (Lipinski definition) is 1. The van der Waals surface area contributed by atoms with Gasteiger partial charge in [-0.3, -0.25) is 4.79 Å². The van der Waals surface area contributed by atoms with Gasteiger partial charge in [-0.1, -0.05) is 48.5 Å². The number of benzene rings is 3. The van der Waals surface area contributed by atoms with Gasteiger partial charge in [-0.25, -0.2) is 4.98 Å². The van der Waals surface area contributed by atoms with Crippen molar-refractivity contribution in [3.05, 3.63) is 95.3 Å². The van der Waals surface area contributed by atoms with E-state index in [4.69, 9.17) is 9.72 Å². The maximum Gasteiger partial charge on any atom is 0.252 e. The molecule has 1 amide bonds. The molecule has 1 heterocycles. The predicted octanol–water partition coefficient (Wildman–Crippen LogP) is 6.00. The number of nitrogens with zero attached hydrogens (tertiary/aromatic N) is 2. The molecular weight excluding hydrogens is 410 g/mol. The van der Waals surface area contributed by atoms with E-state index in [9.17, 15) is 4.79 Å². The van der Waals surface area contributed by atoms with Crippen LogP contribution in [-0.4, -0.2) is 22.1 Å². The summed E-state index contributed by atoms with van der Waals surface area (Å²) in [7, 11) is 0. The van der Waals surface area contributed by atoms with Crippen molar-refractivity contribution in [3.63, 3.8) is 0 Å². The summed E-state index contributed by atoms with van der Waals surface area (Å²) in [4.78, 5) is 17.7. The fraction of sp³-hybridized carbons (Fsp3) is 0.286. The van der Waals surface area contributed by atoms with Gasteiger partial charge in [0.15, 0.2) is 0 Å². The second-order valence-electron chi connectivity index (χ2n) is 8.44. The Hall–Kier alpha value is -3.60. The van der Waals surface area contributed by atoms with Gasteiger partial charge in [-0.2, -0.15) is 0 Å². The molecule has 170 valence electrons. The summed E-state index contributed by atoms with van der Waals surface area (Å²) in [6.45, 7) is 7.50. The van der Waals surface area contributed by atoms with Crippen LogP contribution in [0.4, 0.5) is 0 Å². The molecule has 5 heteroatoms. The third-order valence-corrected chi connectivity index (χ3v) is 5.94. The molecule has 4 aromatic rings. The normalized spacial score (nSPS) is 12.0. The molecule has 0 saturated heterocycles. The first-order valence-corrected chi connectivity index (χ1v) is 11.5. The van der Waals surface area contributed by atoms with Crippen LogP contribution in [0.1, 0.15) is 53.1 Å². The highest BCUT2D eigenvalue weighted by atomic mass is 16.5. The first kappa shape index (κ1) is 22.6. The van der Waals surface area contributed by atoms with E-state index in [0.29, 0.717) is 12.2 Å². The minimum atomic E-state index is -0.215. The molecule has 5 nitrogen and oxygen atoms in total. The van der Waals surface area contributed by atoms with Crippen LogP contribution in [0.25, 0.3) is 11.0 Å². The summed E-state index contributed by atoms with van der Waals surface area (Å²) in [5.74, 6) is 1.74. The van der Waals surface area contributed by atoms with Crippen molar-refractivity contribution in [1.82, 2.24) is 14.9 Å². The zero-order chi connectivity index (χ0) is 23.2. The van der Waals surface area contributed by atoms with E-state index in [0.717, 1.165) is 53.1 Å². The Bertz CT molecular complexity index is 1240. The SMILES string of the molecule is Cc1ccccc1OCCCCn1c(C(C)NC(=O)c2ccccc2C)nc2ccccc21. The monoisotopic (exact) mass is 441 g/mol. The molecule has 0 aliphatic carbocycles. The summed E-state index contributed by atoms with van der Waals surface area (Å²) >= 11 is 0. The predicted molar refractivity (Wildman–Crippen MR) is 133 cm³/mol. The number of ether oxygens (including phenoxy) is 1. The van der Waals surface area contributed by atoms with E-state index in [2.05, 4.69) is 28.9 Å². The Kier molecular flexibility index (Phi) is 7.08. The summed E-state index contributed by atoms with van der Waals surface area (Å²) in [6, 6.07) is 23.7. The molecule has 4 rings (SSSR count). The Labute approximate surface area is 195 Å². The molecule has 0 spiro atoms. The molecule has 0 fully saturated rings. The minimum absolute atomic E-state index is 0.0779. The summed E-state index contributed by atoms with van der Waals surface area (Å²) < 4.78 is 8.18. The van der Waals surface area contributed by atoms with Crippen molar-refractivity contribution >= 4 is 16.9 Å². The van der Waals surface area contributed by atoms with Gasteiger partial charge in [-0.15, -0.1) is 0 Å². The molecular formula is C28H31N3O2. The maximum absolute atomic E-state index is 12.9. The standard InChI is InChI=1S/C28H31N3O2/c1-20-12-4-6-14-23(20)28(32)29-22(3)27-30-24-15-7-8-16-25(24)31(27)18-10-11-19-33-26-17-9-5-13-21(26)2/h4-9,12-17,22H,10-11,18-19H2,1-3H3,(H,29,32). The second kappa shape index (κ2) is 10.3. The van der Waals surface area contributed by atoms with E-state index in [-0.39, 0.29) is 11.9 Å². The third kappa shape index (κ3) is 5.25. The number of imidazole rings is 1. The number of aryl methyl sites for hydroxylation is 3. The number of rotatable bonds is 9. The van der Waals surface area contributed by atoms with E-state index in [1.54, 1.807) is 0 Å². The second-order valence-corrected chi connectivity index (χ2v) is 8.44. The van der Waals surface area contributed by atoms with Crippen molar-refractivity contribution in [2.45, 2.75) is 46.2 Å². The van der Waals surface area contributed by atoms with Crippen molar-refractivity contribution in [2.75, 3.05) is 6.61 Å². The average Bonchev–Trinajstić information content (AvgIpc) is 3.19. The number of amides is 1. The fourth-order valence-corrected chi connectivity index (χ4v) is 4.10. The Morgan fingerprint density at radius 2 is 1.64 bits per heavy atom. The maximum atomic E-state index is 12.9. The van der Waals surface area contributed by atoms with Gasteiger partial charge < -0.3 is 14.6 Å². The molecule has 0 aliphatic heterocycles. The molecule has 1 aromatic heterocycles. The van der Waals surface area contributed by atoms with Crippen molar-refractivity contribution in [3.8, 4) is 5.75 Å². The smallest absolute Gasteiger partial charge is 0.252 e. The van der Waals surface area contributed by atoms with Crippen LogP contribution in [-0.2, 0) is 6.54 Å². The minimum Gasteiger partial charge on any atom is -0.493 e. The summed E-state index contributed by atoms with van der Waals surface area (Å²) in [5.41, 5.74) is 4.84. The number of para-hydroxylation sites is 3. The topological polar surface area (TPSA) is 56.1 Å². The van der Waals surface area contributed by atoms with Crippen LogP contribution in [0, 0.1) is 13.8 Å². The first-order valence-electron chi connectivity index (χ1n) is 11.5. The molecule has 0 bridgehead atoms. The molecule has 3 aromatic carbocycles. The lowest BCUT2D eigenvalue weighted by Gasteiger charge is -2.17. The van der Waals surface area contributed by atoms with Gasteiger partial charge >= 0.3 is 0 Å². The Balaban J connectivity index is 1.44. The highest BCUT2D eigenvalue weighted by Gasteiger charge is 2.19. The van der Waals surface area contributed by atoms with Gasteiger partial charge in [0.25, 0.3) is 5.91 Å². The van der Waals surface area contributed by atoms with Crippen LogP contribution >= 0.6 is 0 Å². The summed E-state index contributed by atoms with van der Waals surface area (Å²) in [5, 5.41) is 3.14. The Morgan fingerprint density at radius 3 is 2.42 bits per heavy atom. The number of fused-ring (bicyclic) bond motifs is 1. The lowest BCUT2D eigenvalue weighted by Crippen LogP contribution is -2.29. The van der Waals surface area contributed by atoms with Gasteiger partial charge in [0, 0.05) is 12.1 Å². The third-order valence-electron chi connectivity index (χ3n) is 5.94. The summed E-state index contributed by atoms with van der Waals surface area (Å²) in [6.07, 6.45) is 1.89. The zero-order valence-corrected chi connectivity index (χ0v) is 19.5. The van der Waals surface area contributed by atoms with E-state index in [1.807, 2.05) is 74.5 Å². The molecule has 0 radical (unpaired) electrons. The molecule has 1 unspecified atom stereocenters. The van der Waals surface area contributed by atoms with Gasteiger partial charge in [0.05, 0.1) is 23.7 Å². The highest BCUT2D eigenvalue weighted by molar-refractivity contribution is 5.95. The van der Waals surface area contributed by atoms with E-state index < -0.39 is 0 Å². The number of unbranched alkanes of at least 4 members (excludes halogenated alkanes) is 1. The molecule has 1 atom stereocenters. The van der Waals surface area contributed by atoms with Crippen LogP contribution in [0.15, 0.2) is 72.8 Å². The van der Waals surface area contributed by atoms with E-state index >= 15 is 0 Å². The van der Waals surface area contributed by atoms with Gasteiger partial charge in [-0.05, 0) is 69.0 Å².